The number of aliphatic hydroxyl groups is 2. The molecule has 6 heterocycles. The van der Waals surface area contributed by atoms with Crippen molar-refractivity contribution in [1.29, 1.82) is 10.5 Å². The van der Waals surface area contributed by atoms with Crippen LogP contribution in [0.1, 0.15) is 29.2 Å². The van der Waals surface area contributed by atoms with Crippen LogP contribution in [0.2, 0.25) is 0 Å². The van der Waals surface area contributed by atoms with Gasteiger partial charge in [-0.1, -0.05) is 88.8 Å². The van der Waals surface area contributed by atoms with E-state index in [9.17, 15) is 32.1 Å². The van der Waals surface area contributed by atoms with Crippen LogP contribution in [0.5, 0.6) is 0 Å². The molecule has 0 bridgehead atoms. The van der Waals surface area contributed by atoms with Gasteiger partial charge in [0, 0.05) is 100 Å². The summed E-state index contributed by atoms with van der Waals surface area (Å²) in [4.78, 5) is 17.3. The first-order valence-electron chi connectivity index (χ1n) is 24.6. The molecule has 0 aliphatic carbocycles. The van der Waals surface area contributed by atoms with E-state index in [-0.39, 0.29) is 54.2 Å². The summed E-state index contributed by atoms with van der Waals surface area (Å²) in [6.07, 6.45) is 7.15. The fraction of sp³-hybridized carbons (Fsp3) is 0.0923. The Morgan fingerprint density at radius 3 is 1.36 bits per heavy atom. The molecule has 0 spiro atoms. The molecule has 0 unspecified atom stereocenters. The molecule has 6 aromatic carbocycles. The minimum atomic E-state index is -5.78. The largest absolute Gasteiger partial charge is 0.525 e. The van der Waals surface area contributed by atoms with Gasteiger partial charge in [-0.15, -0.1) is 94.3 Å². The fourth-order valence-corrected chi connectivity index (χ4v) is 7.78. The standard InChI is InChI=1S/C18H10N2O.C18H9N2O.2C12H10N.C2H6O.CHF3O4S.CH4O.CH3.2Ir/c2*19-11-12-5-3-6-13-14-7-4-8-15(18(14)21-17(12)13)16-9-1-2-10-20-16;2*1-10-7-8-13-12(9-10)11-5-3-2-4-6-11;1-2-3;2-1(3,4)9(6,7)8-5;1-2;;;/h1-10H;1-7,9-10H;2*2-5,7-9H,1H3;3H,2H2,1H3;5H;2H,1H3;1H3;;/q;3*-1;;;;-1;;. The number of nitrogens with zero attached hydrogens (tertiary/aromatic N) is 6. The molecule has 0 saturated carbocycles. The third-order valence-electron chi connectivity index (χ3n) is 11.3. The van der Waals surface area contributed by atoms with E-state index in [2.05, 4.69) is 80.6 Å². The number of aromatic nitrogens is 4. The van der Waals surface area contributed by atoms with E-state index < -0.39 is 15.6 Å². The zero-order valence-corrected chi connectivity index (χ0v) is 51.6. The molecule has 0 atom stereocenters. The first-order valence-corrected chi connectivity index (χ1v) is 26.0. The van der Waals surface area contributed by atoms with Crippen LogP contribution in [-0.2, 0) is 54.7 Å². The van der Waals surface area contributed by atoms with Gasteiger partial charge in [-0.05, 0) is 86.4 Å². The van der Waals surface area contributed by atoms with E-state index in [4.69, 9.17) is 24.3 Å². The van der Waals surface area contributed by atoms with Crippen molar-refractivity contribution >= 4 is 54.0 Å². The van der Waals surface area contributed by atoms with Crippen molar-refractivity contribution in [2.45, 2.75) is 26.3 Å². The van der Waals surface area contributed by atoms with Gasteiger partial charge in [-0.25, -0.2) is 5.26 Å². The van der Waals surface area contributed by atoms with Crippen molar-refractivity contribution in [3.05, 3.63) is 249 Å². The number of halogens is 3. The van der Waals surface area contributed by atoms with Crippen LogP contribution < -0.4 is 0 Å². The molecule has 0 saturated heterocycles. The predicted octanol–water partition coefficient (Wildman–Crippen LogP) is 14.9. The summed E-state index contributed by atoms with van der Waals surface area (Å²) >= 11 is 0. The molecular weight excluding hydrogens is 1470 g/mol. The molecule has 85 heavy (non-hydrogen) atoms. The molecule has 2 radical (unpaired) electrons. The number of aliphatic hydroxyl groups excluding tert-OH is 2. The predicted molar refractivity (Wildman–Crippen MR) is 315 cm³/mol. The van der Waals surface area contributed by atoms with Crippen LogP contribution in [0.3, 0.4) is 0 Å². The molecule has 12 rings (SSSR count). The molecule has 6 aromatic heterocycles. The second-order valence-electron chi connectivity index (χ2n) is 16.8. The van der Waals surface area contributed by atoms with Gasteiger partial charge in [0.1, 0.15) is 23.3 Å². The van der Waals surface area contributed by atoms with Gasteiger partial charge in [0.05, 0.1) is 22.4 Å². The normalized spacial score (nSPS) is 10.1. The van der Waals surface area contributed by atoms with E-state index in [1.807, 2.05) is 164 Å². The van der Waals surface area contributed by atoms with Gasteiger partial charge in [0.25, 0.3) is 0 Å². The van der Waals surface area contributed by atoms with E-state index in [0.717, 1.165) is 79.3 Å². The zero-order chi connectivity index (χ0) is 59.1. The van der Waals surface area contributed by atoms with Gasteiger partial charge in [-0.3, -0.25) is 4.98 Å². The molecule has 0 aliphatic rings. The number of fused-ring (bicyclic) bond motifs is 6. The number of aryl methyl sites for hydroxylation is 2. The summed E-state index contributed by atoms with van der Waals surface area (Å²) in [5.74, 6) is 0. The number of benzene rings is 6. The molecule has 20 heteroatoms. The Labute approximate surface area is 517 Å². The first-order chi connectivity index (χ1) is 39.7. The average molecular weight is 1520 g/mol. The Kier molecular flexibility index (Phi) is 29.0. The van der Waals surface area contributed by atoms with Crippen LogP contribution in [0.15, 0.2) is 210 Å². The summed E-state index contributed by atoms with van der Waals surface area (Å²) in [5, 5.41) is 44.0. The molecule has 14 nitrogen and oxygen atoms in total. The van der Waals surface area contributed by atoms with Crippen LogP contribution in [-0.4, -0.2) is 63.0 Å². The first kappa shape index (κ1) is 70.6. The van der Waals surface area contributed by atoms with E-state index in [1.165, 1.54) is 11.1 Å². The van der Waals surface area contributed by atoms with Gasteiger partial charge in [0.2, 0.25) is 0 Å². The Balaban J connectivity index is 0.000000279. The van der Waals surface area contributed by atoms with Crippen LogP contribution in [0.4, 0.5) is 13.2 Å². The summed E-state index contributed by atoms with van der Waals surface area (Å²) in [7, 11) is -4.78. The summed E-state index contributed by atoms with van der Waals surface area (Å²) in [6.45, 7) is 6.06. The Hall–Kier alpha value is -8.62. The van der Waals surface area contributed by atoms with Gasteiger partial charge < -0.3 is 41.4 Å². The number of furan rings is 2. The maximum atomic E-state index is 11.0. The minimum absolute atomic E-state index is 0. The maximum Gasteiger partial charge on any atom is 0.525 e. The maximum absolute atomic E-state index is 11.0. The Morgan fingerprint density at radius 2 is 0.965 bits per heavy atom. The van der Waals surface area contributed by atoms with E-state index >= 15 is 0 Å². The number of hydrogen-bond acceptors (Lipinski definition) is 14. The van der Waals surface area contributed by atoms with Crippen LogP contribution >= 0.6 is 0 Å². The van der Waals surface area contributed by atoms with E-state index in [1.54, 1.807) is 31.5 Å². The molecule has 12 aromatic rings. The molecule has 0 fully saturated rings. The fourth-order valence-electron chi connectivity index (χ4n) is 7.70. The Bertz CT molecular complexity index is 3940. The average Bonchev–Trinajstić information content (AvgIpc) is 3.32. The Morgan fingerprint density at radius 1 is 0.541 bits per heavy atom. The summed E-state index contributed by atoms with van der Waals surface area (Å²) < 4.78 is 65.8. The number of hydrogen-bond donors (Lipinski definition) is 3. The van der Waals surface area contributed by atoms with Crippen LogP contribution in [0.25, 0.3) is 88.9 Å². The van der Waals surface area contributed by atoms with Crippen molar-refractivity contribution in [3.8, 4) is 57.2 Å². The summed E-state index contributed by atoms with van der Waals surface area (Å²) in [6, 6.07) is 70.2. The molecular formula is C65H53F3Ir2N6O8S-4. The SMILES string of the molecule is CCO.CO.Cc1ccnc(-c2[c-]cccc2)c1.Cc1ccnc(-c2[c-]cccc2)c1.N#Cc1cccc2c1oc1c(-c3ccccn3)[c-]ccc12.N#Cc1cccc2c1oc1c(-c3ccccn3)cccc12.O=S(=O)(OO)C(F)(F)F.[CH3-].[Ir].[Ir]. The summed E-state index contributed by atoms with van der Waals surface area (Å²) in [5.41, 5.74) is 8.21. The number of rotatable bonds is 5. The van der Waals surface area contributed by atoms with E-state index in [0.29, 0.717) is 27.9 Å². The topological polar surface area (TPSA) is 229 Å². The zero-order valence-electron chi connectivity index (χ0n) is 46.0. The van der Waals surface area contributed by atoms with Crippen molar-refractivity contribution in [1.82, 2.24) is 19.9 Å². The smallest absolute Gasteiger partial charge is 0.499 e. The van der Waals surface area contributed by atoms with Crippen molar-refractivity contribution in [2.24, 2.45) is 0 Å². The van der Waals surface area contributed by atoms with Crippen molar-refractivity contribution in [2.75, 3.05) is 13.7 Å². The monoisotopic (exact) mass is 1520 g/mol. The van der Waals surface area contributed by atoms with Crippen molar-refractivity contribution < 1.29 is 90.4 Å². The number of alkyl halides is 3. The van der Waals surface area contributed by atoms with Crippen molar-refractivity contribution in [3.63, 3.8) is 0 Å². The number of nitriles is 2. The third-order valence-corrected chi connectivity index (χ3v) is 12.0. The second kappa shape index (κ2) is 34.9. The van der Waals surface area contributed by atoms with Gasteiger partial charge in [0.15, 0.2) is 5.58 Å². The van der Waals surface area contributed by atoms with Gasteiger partial charge >= 0.3 is 15.6 Å². The number of pyridine rings is 4. The molecule has 0 aliphatic heterocycles. The number of para-hydroxylation sites is 3. The second-order valence-corrected chi connectivity index (χ2v) is 18.3. The third kappa shape index (κ3) is 18.7. The quantitative estimate of drug-likeness (QED) is 0.0630. The van der Waals surface area contributed by atoms with Crippen LogP contribution in [0, 0.1) is 62.1 Å². The molecule has 3 N–H and O–H groups in total. The molecule has 440 valence electrons. The molecule has 0 amide bonds. The van der Waals surface area contributed by atoms with Gasteiger partial charge in [-0.2, -0.15) is 32.1 Å². The minimum Gasteiger partial charge on any atom is -0.499 e.